The van der Waals surface area contributed by atoms with Crippen LogP contribution in [-0.4, -0.2) is 61.5 Å². The van der Waals surface area contributed by atoms with Gasteiger partial charge in [0, 0.05) is 43.5 Å². The molecule has 0 bridgehead atoms. The maximum absolute atomic E-state index is 12.7. The molecule has 1 amide bonds. The number of aliphatic hydroxyl groups is 1. The minimum absolute atomic E-state index is 0.0725. The van der Waals surface area contributed by atoms with E-state index in [0.717, 1.165) is 22.6 Å². The van der Waals surface area contributed by atoms with Gasteiger partial charge in [0.15, 0.2) is 0 Å². The van der Waals surface area contributed by atoms with Crippen molar-refractivity contribution >= 4 is 17.2 Å². The van der Waals surface area contributed by atoms with Gasteiger partial charge in [-0.3, -0.25) is 4.79 Å². The normalized spacial score (nSPS) is 25.7. The van der Waals surface area contributed by atoms with Crippen molar-refractivity contribution in [3.63, 3.8) is 0 Å². The summed E-state index contributed by atoms with van der Waals surface area (Å²) in [5.41, 5.74) is 5.32. The van der Waals surface area contributed by atoms with E-state index in [-0.39, 0.29) is 23.5 Å². The zero-order valence-corrected chi connectivity index (χ0v) is 14.9. The molecule has 2 fully saturated rings. The molecule has 0 radical (unpaired) electrons. The number of nitrogens with zero attached hydrogens (tertiary/aromatic N) is 1. The topological polar surface area (TPSA) is 85.0 Å². The first-order valence-electron chi connectivity index (χ1n) is 8.47. The molecular formula is C17H26N2O4S. The number of aliphatic hydroxyl groups excluding tert-OH is 1. The summed E-state index contributed by atoms with van der Waals surface area (Å²) in [5.74, 6) is 0.0745. The lowest BCUT2D eigenvalue weighted by molar-refractivity contribution is -0.207. The third kappa shape index (κ3) is 3.23. The summed E-state index contributed by atoms with van der Waals surface area (Å²) >= 11 is 1.49. The zero-order valence-electron chi connectivity index (χ0n) is 14.1. The summed E-state index contributed by atoms with van der Waals surface area (Å²) in [7, 11) is 1.65. The first kappa shape index (κ1) is 17.8. The number of carbonyl (C=O) groups is 1. The van der Waals surface area contributed by atoms with Gasteiger partial charge < -0.3 is 25.2 Å². The number of likely N-dealkylation sites (tertiary alicyclic amines) is 1. The van der Waals surface area contributed by atoms with Crippen LogP contribution >= 0.6 is 11.3 Å². The second-order valence-electron chi connectivity index (χ2n) is 6.62. The third-order valence-corrected chi connectivity index (χ3v) is 6.37. The molecule has 2 aliphatic rings. The molecule has 0 unspecified atom stereocenters. The van der Waals surface area contributed by atoms with Crippen LogP contribution in [0.4, 0.5) is 0 Å². The van der Waals surface area contributed by atoms with Crippen molar-refractivity contribution in [1.29, 1.82) is 0 Å². The first-order valence-corrected chi connectivity index (χ1v) is 9.29. The van der Waals surface area contributed by atoms with Crippen LogP contribution in [0.3, 0.4) is 0 Å². The molecule has 1 aromatic rings. The standard InChI is InChI=1S/C17H26N2O4S/c1-22-11-12-2-3-13(24-12)16(21)19-7-4-17(5-8-19)14(20)10-15(17)23-9-6-18/h2-3,14-15,20H,4-11,18H2,1H3/t14-,15+/m1/s1. The van der Waals surface area contributed by atoms with E-state index < -0.39 is 0 Å². The van der Waals surface area contributed by atoms with E-state index in [1.54, 1.807) is 7.11 Å². The number of hydrogen-bond acceptors (Lipinski definition) is 6. The summed E-state index contributed by atoms with van der Waals surface area (Å²) in [6.45, 7) is 2.88. The van der Waals surface area contributed by atoms with E-state index in [2.05, 4.69) is 0 Å². The monoisotopic (exact) mass is 354 g/mol. The quantitative estimate of drug-likeness (QED) is 0.802. The zero-order chi connectivity index (χ0) is 17.2. The molecule has 134 valence electrons. The number of carbonyl (C=O) groups excluding carboxylic acids is 1. The Balaban J connectivity index is 1.58. The highest BCUT2D eigenvalue weighted by Crippen LogP contribution is 2.51. The Hall–Kier alpha value is -0.990. The van der Waals surface area contributed by atoms with E-state index in [0.29, 0.717) is 39.3 Å². The number of hydrogen-bond donors (Lipinski definition) is 2. The van der Waals surface area contributed by atoms with Crippen LogP contribution in [0, 0.1) is 5.41 Å². The van der Waals surface area contributed by atoms with E-state index in [1.807, 2.05) is 17.0 Å². The van der Waals surface area contributed by atoms with E-state index in [9.17, 15) is 9.90 Å². The predicted octanol–water partition coefficient (Wildman–Crippen LogP) is 1.23. The summed E-state index contributed by atoms with van der Waals surface area (Å²) in [6.07, 6.45) is 1.99. The average molecular weight is 354 g/mol. The van der Waals surface area contributed by atoms with Crippen LogP contribution in [0.2, 0.25) is 0 Å². The van der Waals surface area contributed by atoms with E-state index >= 15 is 0 Å². The highest BCUT2D eigenvalue weighted by atomic mass is 32.1. The maximum atomic E-state index is 12.7. The molecule has 2 heterocycles. The molecule has 1 saturated heterocycles. The van der Waals surface area contributed by atoms with Crippen LogP contribution in [0.5, 0.6) is 0 Å². The van der Waals surface area contributed by atoms with Crippen molar-refractivity contribution in [2.45, 2.75) is 38.1 Å². The van der Waals surface area contributed by atoms with Gasteiger partial charge in [0.2, 0.25) is 0 Å². The van der Waals surface area contributed by atoms with Crippen LogP contribution in [0.1, 0.15) is 33.8 Å². The molecular weight excluding hydrogens is 328 g/mol. The molecule has 0 aromatic carbocycles. The van der Waals surface area contributed by atoms with Crippen LogP contribution in [0.25, 0.3) is 0 Å². The number of piperidine rings is 1. The predicted molar refractivity (Wildman–Crippen MR) is 92.0 cm³/mol. The second-order valence-corrected chi connectivity index (χ2v) is 7.79. The fraction of sp³-hybridized carbons (Fsp3) is 0.706. The fourth-order valence-electron chi connectivity index (χ4n) is 3.82. The van der Waals surface area contributed by atoms with Crippen LogP contribution < -0.4 is 5.73 Å². The third-order valence-electron chi connectivity index (χ3n) is 5.32. The van der Waals surface area contributed by atoms with Crippen LogP contribution in [-0.2, 0) is 16.1 Å². The van der Waals surface area contributed by atoms with Gasteiger partial charge >= 0.3 is 0 Å². The molecule has 1 spiro atoms. The Labute approximate surface area is 146 Å². The molecule has 1 aliphatic heterocycles. The molecule has 1 saturated carbocycles. The van der Waals surface area contributed by atoms with Gasteiger partial charge in [-0.05, 0) is 25.0 Å². The summed E-state index contributed by atoms with van der Waals surface area (Å²) in [6, 6.07) is 3.82. The number of amides is 1. The Morgan fingerprint density at radius 3 is 2.83 bits per heavy atom. The van der Waals surface area contributed by atoms with Gasteiger partial charge in [-0.15, -0.1) is 11.3 Å². The fourth-order valence-corrected chi connectivity index (χ4v) is 4.77. The minimum atomic E-state index is -0.326. The van der Waals surface area contributed by atoms with Gasteiger partial charge in [0.25, 0.3) is 5.91 Å². The lowest BCUT2D eigenvalue weighted by Crippen LogP contribution is -2.62. The largest absolute Gasteiger partial charge is 0.392 e. The van der Waals surface area contributed by atoms with Crippen molar-refractivity contribution in [1.82, 2.24) is 4.90 Å². The molecule has 7 heteroatoms. The van der Waals surface area contributed by atoms with E-state index in [1.165, 1.54) is 11.3 Å². The van der Waals surface area contributed by atoms with Crippen LogP contribution in [0.15, 0.2) is 12.1 Å². The highest BCUT2D eigenvalue weighted by molar-refractivity contribution is 7.14. The maximum Gasteiger partial charge on any atom is 0.263 e. The van der Waals surface area contributed by atoms with Crippen molar-refractivity contribution in [3.8, 4) is 0 Å². The second kappa shape index (κ2) is 7.49. The molecule has 1 aliphatic carbocycles. The lowest BCUT2D eigenvalue weighted by atomic mass is 9.58. The Morgan fingerprint density at radius 2 is 2.21 bits per heavy atom. The van der Waals surface area contributed by atoms with E-state index in [4.69, 9.17) is 15.2 Å². The van der Waals surface area contributed by atoms with Gasteiger partial charge in [-0.1, -0.05) is 0 Å². The Kier molecular flexibility index (Phi) is 5.56. The average Bonchev–Trinajstić information content (AvgIpc) is 3.07. The smallest absolute Gasteiger partial charge is 0.263 e. The van der Waals surface area contributed by atoms with Crippen molar-refractivity contribution < 1.29 is 19.4 Å². The molecule has 24 heavy (non-hydrogen) atoms. The summed E-state index contributed by atoms with van der Waals surface area (Å²) < 4.78 is 10.9. The Morgan fingerprint density at radius 1 is 1.46 bits per heavy atom. The number of methoxy groups -OCH3 is 1. The summed E-state index contributed by atoms with van der Waals surface area (Å²) in [5, 5.41) is 10.3. The van der Waals surface area contributed by atoms with Crippen molar-refractivity contribution in [3.05, 3.63) is 21.9 Å². The van der Waals surface area contributed by atoms with Gasteiger partial charge in [0.1, 0.15) is 0 Å². The van der Waals surface area contributed by atoms with Gasteiger partial charge in [-0.2, -0.15) is 0 Å². The van der Waals surface area contributed by atoms with Gasteiger partial charge in [-0.25, -0.2) is 0 Å². The SMILES string of the molecule is COCc1ccc(C(=O)N2CCC3(CC2)[C@H](O)C[C@@H]3OCCN)s1. The van der Waals surface area contributed by atoms with Gasteiger partial charge in [0.05, 0.1) is 30.3 Å². The molecule has 3 rings (SSSR count). The molecule has 2 atom stereocenters. The lowest BCUT2D eigenvalue weighted by Gasteiger charge is -2.56. The summed E-state index contributed by atoms with van der Waals surface area (Å²) in [4.78, 5) is 16.4. The van der Waals surface area contributed by atoms with Crippen molar-refractivity contribution in [2.24, 2.45) is 11.1 Å². The number of rotatable bonds is 6. The number of ether oxygens (including phenoxy) is 2. The minimum Gasteiger partial charge on any atom is -0.392 e. The molecule has 3 N–H and O–H groups in total. The number of nitrogens with two attached hydrogens (primary N) is 1. The number of thiophene rings is 1. The molecule has 1 aromatic heterocycles. The Bertz CT molecular complexity index is 569. The highest BCUT2D eigenvalue weighted by Gasteiger charge is 2.56. The molecule has 6 nitrogen and oxygen atoms in total. The first-order chi connectivity index (χ1) is 11.6. The van der Waals surface area contributed by atoms with Crippen molar-refractivity contribution in [2.75, 3.05) is 33.4 Å².